The molecule has 0 unspecified atom stereocenters. The summed E-state index contributed by atoms with van der Waals surface area (Å²) in [5.74, 6) is 2.01. The molecule has 0 saturated heterocycles. The number of hydrogen-bond acceptors (Lipinski definition) is 4. The van der Waals surface area contributed by atoms with Gasteiger partial charge in [0.25, 0.3) is 0 Å². The molecule has 2 aromatic heterocycles. The van der Waals surface area contributed by atoms with Crippen molar-refractivity contribution in [3.8, 4) is 0 Å². The van der Waals surface area contributed by atoms with E-state index in [1.54, 1.807) is 6.20 Å². The van der Waals surface area contributed by atoms with Crippen LogP contribution in [0.5, 0.6) is 0 Å². The minimum absolute atomic E-state index is 0.103. The Labute approximate surface area is 104 Å². The van der Waals surface area contributed by atoms with Gasteiger partial charge in [-0.25, -0.2) is 9.97 Å². The van der Waals surface area contributed by atoms with Crippen molar-refractivity contribution in [1.29, 1.82) is 0 Å². The standard InChI is InChI=1S/C13H13N3O2/c1-9-6-14-13(18-9)7-16-11-5-3-2-4-10(11)15-12(16)8-17/h2-6,17H,7-8H2,1H3. The van der Waals surface area contributed by atoms with E-state index in [0.29, 0.717) is 18.3 Å². The lowest BCUT2D eigenvalue weighted by Gasteiger charge is -2.04. The zero-order valence-corrected chi connectivity index (χ0v) is 10.00. The van der Waals surface area contributed by atoms with Crippen molar-refractivity contribution in [2.45, 2.75) is 20.1 Å². The predicted molar refractivity (Wildman–Crippen MR) is 66.0 cm³/mol. The number of aromatic nitrogens is 3. The van der Waals surface area contributed by atoms with E-state index in [1.807, 2.05) is 35.8 Å². The normalized spacial score (nSPS) is 11.2. The summed E-state index contributed by atoms with van der Waals surface area (Å²) in [4.78, 5) is 8.55. The molecule has 0 aliphatic heterocycles. The topological polar surface area (TPSA) is 64.1 Å². The third-order valence-electron chi connectivity index (χ3n) is 2.84. The monoisotopic (exact) mass is 243 g/mol. The van der Waals surface area contributed by atoms with Gasteiger partial charge in [-0.3, -0.25) is 0 Å². The lowest BCUT2D eigenvalue weighted by molar-refractivity contribution is 0.265. The highest BCUT2D eigenvalue weighted by Crippen LogP contribution is 2.17. The number of nitrogens with zero attached hydrogens (tertiary/aromatic N) is 3. The average molecular weight is 243 g/mol. The van der Waals surface area contributed by atoms with Gasteiger partial charge in [-0.15, -0.1) is 0 Å². The van der Waals surface area contributed by atoms with Crippen LogP contribution in [0.15, 0.2) is 34.9 Å². The molecule has 2 heterocycles. The molecular weight excluding hydrogens is 230 g/mol. The van der Waals surface area contributed by atoms with Crippen LogP contribution in [0, 0.1) is 6.92 Å². The van der Waals surface area contributed by atoms with Crippen LogP contribution in [0.25, 0.3) is 11.0 Å². The van der Waals surface area contributed by atoms with E-state index < -0.39 is 0 Å². The Bertz CT molecular complexity index is 684. The van der Waals surface area contributed by atoms with Crippen molar-refractivity contribution in [3.05, 3.63) is 47.9 Å². The maximum absolute atomic E-state index is 9.37. The number of benzene rings is 1. The minimum atomic E-state index is -0.103. The highest BCUT2D eigenvalue weighted by Gasteiger charge is 2.11. The fourth-order valence-electron chi connectivity index (χ4n) is 2.03. The highest BCUT2D eigenvalue weighted by atomic mass is 16.4. The molecule has 5 heteroatoms. The number of para-hydroxylation sites is 2. The molecule has 1 aromatic carbocycles. The molecule has 92 valence electrons. The Morgan fingerprint density at radius 1 is 1.33 bits per heavy atom. The molecule has 18 heavy (non-hydrogen) atoms. The molecule has 0 saturated carbocycles. The highest BCUT2D eigenvalue weighted by molar-refractivity contribution is 5.75. The number of fused-ring (bicyclic) bond motifs is 1. The average Bonchev–Trinajstić information content (AvgIpc) is 2.94. The smallest absolute Gasteiger partial charge is 0.214 e. The summed E-state index contributed by atoms with van der Waals surface area (Å²) in [6, 6.07) is 7.77. The number of oxazole rings is 1. The first kappa shape index (κ1) is 11.0. The lowest BCUT2D eigenvalue weighted by Crippen LogP contribution is -2.05. The van der Waals surface area contributed by atoms with Gasteiger partial charge < -0.3 is 14.1 Å². The molecule has 0 amide bonds. The second-order valence-electron chi connectivity index (χ2n) is 4.13. The molecule has 0 aliphatic rings. The molecule has 0 fully saturated rings. The van der Waals surface area contributed by atoms with Gasteiger partial charge in [-0.2, -0.15) is 0 Å². The molecule has 3 rings (SSSR count). The number of hydrogen-bond donors (Lipinski definition) is 1. The first-order chi connectivity index (χ1) is 8.78. The van der Waals surface area contributed by atoms with Gasteiger partial charge in [-0.05, 0) is 19.1 Å². The van der Waals surface area contributed by atoms with Crippen LogP contribution in [-0.4, -0.2) is 19.6 Å². The predicted octanol–water partition coefficient (Wildman–Crippen LogP) is 1.87. The SMILES string of the molecule is Cc1cnc(Cn2c(CO)nc3ccccc32)o1. The van der Waals surface area contributed by atoms with Gasteiger partial charge in [0.05, 0.1) is 17.2 Å². The molecule has 0 spiro atoms. The van der Waals surface area contributed by atoms with Gasteiger partial charge in [0.1, 0.15) is 24.7 Å². The van der Waals surface area contributed by atoms with E-state index in [1.165, 1.54) is 0 Å². The molecule has 1 N–H and O–H groups in total. The molecule has 5 nitrogen and oxygen atoms in total. The summed E-state index contributed by atoms with van der Waals surface area (Å²) >= 11 is 0. The number of imidazole rings is 1. The quantitative estimate of drug-likeness (QED) is 0.762. The summed E-state index contributed by atoms with van der Waals surface area (Å²) in [7, 11) is 0. The van der Waals surface area contributed by atoms with Crippen LogP contribution < -0.4 is 0 Å². The van der Waals surface area contributed by atoms with Crippen LogP contribution in [-0.2, 0) is 13.2 Å². The Balaban J connectivity index is 2.09. The van der Waals surface area contributed by atoms with Gasteiger partial charge in [-0.1, -0.05) is 12.1 Å². The molecular formula is C13H13N3O2. The van der Waals surface area contributed by atoms with E-state index in [4.69, 9.17) is 4.42 Å². The molecule has 0 bridgehead atoms. The van der Waals surface area contributed by atoms with Gasteiger partial charge >= 0.3 is 0 Å². The zero-order chi connectivity index (χ0) is 12.5. The lowest BCUT2D eigenvalue weighted by atomic mass is 10.3. The summed E-state index contributed by atoms with van der Waals surface area (Å²) in [5, 5.41) is 9.37. The largest absolute Gasteiger partial charge is 0.444 e. The van der Waals surface area contributed by atoms with E-state index in [-0.39, 0.29) is 6.61 Å². The molecule has 0 radical (unpaired) electrons. The summed E-state index contributed by atoms with van der Waals surface area (Å²) < 4.78 is 7.38. The third kappa shape index (κ3) is 1.78. The fraction of sp³-hybridized carbons (Fsp3) is 0.231. The van der Waals surface area contributed by atoms with Crippen LogP contribution in [0.2, 0.25) is 0 Å². The minimum Gasteiger partial charge on any atom is -0.444 e. The Morgan fingerprint density at radius 3 is 2.89 bits per heavy atom. The van der Waals surface area contributed by atoms with Crippen molar-refractivity contribution < 1.29 is 9.52 Å². The van der Waals surface area contributed by atoms with Crippen LogP contribution >= 0.6 is 0 Å². The Hall–Kier alpha value is -2.14. The van der Waals surface area contributed by atoms with Crippen molar-refractivity contribution >= 4 is 11.0 Å². The molecule has 3 aromatic rings. The molecule has 0 atom stereocenters. The maximum Gasteiger partial charge on any atom is 0.214 e. The first-order valence-corrected chi connectivity index (χ1v) is 5.74. The van der Waals surface area contributed by atoms with Crippen molar-refractivity contribution in [1.82, 2.24) is 14.5 Å². The number of aliphatic hydroxyl groups is 1. The second-order valence-corrected chi connectivity index (χ2v) is 4.13. The van der Waals surface area contributed by atoms with Gasteiger partial charge in [0.2, 0.25) is 5.89 Å². The van der Waals surface area contributed by atoms with Gasteiger partial charge in [0, 0.05) is 0 Å². The number of aryl methyl sites for hydroxylation is 1. The molecule has 0 aliphatic carbocycles. The van der Waals surface area contributed by atoms with Crippen LogP contribution in [0.4, 0.5) is 0 Å². The van der Waals surface area contributed by atoms with E-state index >= 15 is 0 Å². The summed E-state index contributed by atoms with van der Waals surface area (Å²) in [5.41, 5.74) is 1.84. The fourth-order valence-corrected chi connectivity index (χ4v) is 2.03. The Morgan fingerprint density at radius 2 is 2.17 bits per heavy atom. The number of rotatable bonds is 3. The number of aliphatic hydroxyl groups excluding tert-OH is 1. The summed E-state index contributed by atoms with van der Waals surface area (Å²) in [6.45, 7) is 2.23. The van der Waals surface area contributed by atoms with Crippen molar-refractivity contribution in [3.63, 3.8) is 0 Å². The van der Waals surface area contributed by atoms with E-state index in [2.05, 4.69) is 9.97 Å². The first-order valence-electron chi connectivity index (χ1n) is 5.74. The van der Waals surface area contributed by atoms with Crippen molar-refractivity contribution in [2.75, 3.05) is 0 Å². The van der Waals surface area contributed by atoms with Crippen LogP contribution in [0.1, 0.15) is 17.5 Å². The van der Waals surface area contributed by atoms with E-state index in [9.17, 15) is 5.11 Å². The Kier molecular flexibility index (Phi) is 2.60. The maximum atomic E-state index is 9.37. The second kappa shape index (κ2) is 4.27. The third-order valence-corrected chi connectivity index (χ3v) is 2.84. The zero-order valence-electron chi connectivity index (χ0n) is 10.00. The van der Waals surface area contributed by atoms with E-state index in [0.717, 1.165) is 16.8 Å². The van der Waals surface area contributed by atoms with Gasteiger partial charge in [0.15, 0.2) is 0 Å². The van der Waals surface area contributed by atoms with Crippen LogP contribution in [0.3, 0.4) is 0 Å². The summed E-state index contributed by atoms with van der Waals surface area (Å²) in [6.07, 6.45) is 1.69. The van der Waals surface area contributed by atoms with Crippen molar-refractivity contribution in [2.24, 2.45) is 0 Å².